The van der Waals surface area contributed by atoms with Crippen molar-refractivity contribution in [2.75, 3.05) is 6.54 Å². The van der Waals surface area contributed by atoms with Crippen LogP contribution in [-0.4, -0.2) is 37.2 Å². The van der Waals surface area contributed by atoms with Gasteiger partial charge in [0, 0.05) is 12.1 Å². The van der Waals surface area contributed by atoms with Crippen molar-refractivity contribution in [3.05, 3.63) is 12.3 Å². The van der Waals surface area contributed by atoms with Crippen molar-refractivity contribution in [3.63, 3.8) is 0 Å². The van der Waals surface area contributed by atoms with E-state index in [9.17, 15) is 8.42 Å². The Hall–Kier alpha value is -0.920. The molecule has 2 atom stereocenters. The molecule has 0 saturated carbocycles. The van der Waals surface area contributed by atoms with E-state index >= 15 is 0 Å². The van der Waals surface area contributed by atoms with Crippen molar-refractivity contribution in [2.24, 2.45) is 0 Å². The van der Waals surface area contributed by atoms with Gasteiger partial charge in [0.25, 0.3) is 10.0 Å². The molecule has 1 aliphatic heterocycles. The molecule has 0 radical (unpaired) electrons. The van der Waals surface area contributed by atoms with Gasteiger partial charge < -0.3 is 5.32 Å². The minimum atomic E-state index is -3.44. The SMILES string of the molecule is CC1CC(NS(=O)(=O)c2ccn[nH]2)CCN1. The average Bonchev–Trinajstić information content (AvgIpc) is 2.69. The van der Waals surface area contributed by atoms with Crippen LogP contribution in [0.4, 0.5) is 0 Å². The van der Waals surface area contributed by atoms with Crippen LogP contribution in [0.1, 0.15) is 19.8 Å². The van der Waals surface area contributed by atoms with E-state index in [-0.39, 0.29) is 11.1 Å². The first-order chi connectivity index (χ1) is 7.58. The molecule has 1 saturated heterocycles. The fraction of sp³-hybridized carbons (Fsp3) is 0.667. The number of sulfonamides is 1. The third-order valence-electron chi connectivity index (χ3n) is 2.71. The number of hydrogen-bond acceptors (Lipinski definition) is 4. The molecule has 0 aliphatic carbocycles. The van der Waals surface area contributed by atoms with Crippen LogP contribution in [0.3, 0.4) is 0 Å². The highest BCUT2D eigenvalue weighted by atomic mass is 32.2. The molecule has 0 amide bonds. The zero-order chi connectivity index (χ0) is 11.6. The number of H-pyrrole nitrogens is 1. The lowest BCUT2D eigenvalue weighted by Gasteiger charge is -2.28. The number of nitrogens with zero attached hydrogens (tertiary/aromatic N) is 1. The first-order valence-electron chi connectivity index (χ1n) is 5.33. The zero-order valence-corrected chi connectivity index (χ0v) is 9.92. The third-order valence-corrected chi connectivity index (χ3v) is 4.16. The Labute approximate surface area is 94.9 Å². The Morgan fingerprint density at radius 3 is 3.00 bits per heavy atom. The number of aromatic nitrogens is 2. The van der Waals surface area contributed by atoms with Gasteiger partial charge in [-0.25, -0.2) is 13.1 Å². The molecule has 16 heavy (non-hydrogen) atoms. The molecule has 2 unspecified atom stereocenters. The number of hydrogen-bond donors (Lipinski definition) is 3. The van der Waals surface area contributed by atoms with Crippen molar-refractivity contribution in [1.29, 1.82) is 0 Å². The van der Waals surface area contributed by atoms with Crippen LogP contribution in [0.5, 0.6) is 0 Å². The fourth-order valence-corrected chi connectivity index (χ4v) is 3.11. The summed E-state index contributed by atoms with van der Waals surface area (Å²) >= 11 is 0. The highest BCUT2D eigenvalue weighted by Crippen LogP contribution is 2.12. The molecule has 6 nitrogen and oxygen atoms in total. The molecule has 0 bridgehead atoms. The predicted molar refractivity (Wildman–Crippen MR) is 59.4 cm³/mol. The summed E-state index contributed by atoms with van der Waals surface area (Å²) in [6.45, 7) is 2.90. The Morgan fingerprint density at radius 1 is 1.56 bits per heavy atom. The maximum Gasteiger partial charge on any atom is 0.257 e. The van der Waals surface area contributed by atoms with Crippen molar-refractivity contribution < 1.29 is 8.42 Å². The van der Waals surface area contributed by atoms with E-state index < -0.39 is 10.0 Å². The van der Waals surface area contributed by atoms with Crippen LogP contribution in [0.2, 0.25) is 0 Å². The smallest absolute Gasteiger partial charge is 0.257 e. The Balaban J connectivity index is 2.04. The maximum atomic E-state index is 11.9. The molecule has 1 aromatic rings. The summed E-state index contributed by atoms with van der Waals surface area (Å²) in [5.41, 5.74) is 0. The molecule has 3 N–H and O–H groups in total. The normalized spacial score (nSPS) is 26.8. The second-order valence-corrected chi connectivity index (χ2v) is 5.80. The molecule has 0 aromatic carbocycles. The van der Waals surface area contributed by atoms with Crippen LogP contribution < -0.4 is 10.0 Å². The molecule has 0 spiro atoms. The Kier molecular flexibility index (Phi) is 3.27. The lowest BCUT2D eigenvalue weighted by atomic mass is 10.0. The van der Waals surface area contributed by atoms with E-state index in [4.69, 9.17) is 0 Å². The van der Waals surface area contributed by atoms with Crippen LogP contribution >= 0.6 is 0 Å². The Bertz CT molecular complexity index is 428. The zero-order valence-electron chi connectivity index (χ0n) is 9.10. The van der Waals surface area contributed by atoms with Gasteiger partial charge in [0.05, 0.1) is 6.20 Å². The molecule has 2 heterocycles. The summed E-state index contributed by atoms with van der Waals surface area (Å²) < 4.78 is 26.4. The van der Waals surface area contributed by atoms with Gasteiger partial charge in [0.1, 0.15) is 0 Å². The average molecular weight is 244 g/mol. The van der Waals surface area contributed by atoms with Gasteiger partial charge in [-0.1, -0.05) is 0 Å². The molecule has 1 aromatic heterocycles. The molecular weight excluding hydrogens is 228 g/mol. The molecule has 1 aliphatic rings. The first-order valence-corrected chi connectivity index (χ1v) is 6.81. The van der Waals surface area contributed by atoms with E-state index in [2.05, 4.69) is 27.2 Å². The van der Waals surface area contributed by atoms with Crippen molar-refractivity contribution >= 4 is 10.0 Å². The third kappa shape index (κ3) is 2.60. The molecule has 90 valence electrons. The largest absolute Gasteiger partial charge is 0.314 e. The van der Waals surface area contributed by atoms with Crippen LogP contribution in [-0.2, 0) is 10.0 Å². The summed E-state index contributed by atoms with van der Waals surface area (Å²) in [5, 5.41) is 9.50. The van der Waals surface area contributed by atoms with Gasteiger partial charge in [-0.2, -0.15) is 5.10 Å². The van der Waals surface area contributed by atoms with E-state index in [1.807, 2.05) is 0 Å². The summed E-state index contributed by atoms with van der Waals surface area (Å²) in [6, 6.07) is 1.81. The number of rotatable bonds is 3. The predicted octanol–water partition coefficient (Wildman–Crippen LogP) is -0.171. The van der Waals surface area contributed by atoms with E-state index in [1.165, 1.54) is 12.3 Å². The number of aromatic amines is 1. The first kappa shape index (κ1) is 11.6. The van der Waals surface area contributed by atoms with Gasteiger partial charge in [0.2, 0.25) is 0 Å². The monoisotopic (exact) mass is 244 g/mol. The molecule has 1 fully saturated rings. The fourth-order valence-electron chi connectivity index (χ4n) is 1.91. The minimum Gasteiger partial charge on any atom is -0.314 e. The summed E-state index contributed by atoms with van der Waals surface area (Å²) in [7, 11) is -3.44. The van der Waals surface area contributed by atoms with Gasteiger partial charge in [0.15, 0.2) is 5.03 Å². The van der Waals surface area contributed by atoms with E-state index in [1.54, 1.807) is 0 Å². The van der Waals surface area contributed by atoms with E-state index in [0.717, 1.165) is 19.4 Å². The lowest BCUT2D eigenvalue weighted by molar-refractivity contribution is 0.361. The Morgan fingerprint density at radius 2 is 2.38 bits per heavy atom. The standard InChI is InChI=1S/C9H16N4O2S/c1-7-6-8(2-4-10-7)13-16(14,15)9-3-5-11-12-9/h3,5,7-8,10,13H,2,4,6H2,1H3,(H,11,12). The van der Waals surface area contributed by atoms with E-state index in [0.29, 0.717) is 6.04 Å². The second kappa shape index (κ2) is 4.52. The highest BCUT2D eigenvalue weighted by Gasteiger charge is 2.24. The highest BCUT2D eigenvalue weighted by molar-refractivity contribution is 7.89. The number of nitrogens with one attached hydrogen (secondary N) is 3. The second-order valence-electron chi connectivity index (χ2n) is 4.12. The van der Waals surface area contributed by atoms with Crippen LogP contribution in [0, 0.1) is 0 Å². The van der Waals surface area contributed by atoms with Crippen LogP contribution in [0.25, 0.3) is 0 Å². The summed E-state index contributed by atoms with van der Waals surface area (Å²) in [4.78, 5) is 0. The van der Waals surface area contributed by atoms with Gasteiger partial charge in [-0.15, -0.1) is 0 Å². The van der Waals surface area contributed by atoms with Gasteiger partial charge >= 0.3 is 0 Å². The van der Waals surface area contributed by atoms with Crippen molar-refractivity contribution in [2.45, 2.75) is 36.9 Å². The molecule has 7 heteroatoms. The topological polar surface area (TPSA) is 86.9 Å². The van der Waals surface area contributed by atoms with Crippen molar-refractivity contribution in [3.8, 4) is 0 Å². The maximum absolute atomic E-state index is 11.9. The quantitative estimate of drug-likeness (QED) is 0.689. The van der Waals surface area contributed by atoms with Gasteiger partial charge in [-0.05, 0) is 32.4 Å². The summed E-state index contributed by atoms with van der Waals surface area (Å²) in [6.07, 6.45) is 3.06. The number of piperidine rings is 1. The summed E-state index contributed by atoms with van der Waals surface area (Å²) in [5.74, 6) is 0. The lowest BCUT2D eigenvalue weighted by Crippen LogP contribution is -2.46. The molecule has 2 rings (SSSR count). The minimum absolute atomic E-state index is 0.00421. The van der Waals surface area contributed by atoms with Gasteiger partial charge in [-0.3, -0.25) is 5.10 Å². The van der Waals surface area contributed by atoms with Crippen molar-refractivity contribution in [1.82, 2.24) is 20.2 Å². The van der Waals surface area contributed by atoms with Crippen LogP contribution in [0.15, 0.2) is 17.3 Å². The molecular formula is C9H16N4O2S.